The summed E-state index contributed by atoms with van der Waals surface area (Å²) in [6.07, 6.45) is 2.11. The van der Waals surface area contributed by atoms with E-state index in [2.05, 4.69) is 19.2 Å². The molecule has 0 aliphatic carbocycles. The first-order valence-corrected chi connectivity index (χ1v) is 10.8. The Morgan fingerprint density at radius 3 is 1.93 bits per heavy atom. The number of rotatable bonds is 8. The number of halogens is 2. The second-order valence-electron chi connectivity index (χ2n) is 8.18. The zero-order valence-corrected chi connectivity index (χ0v) is 19.0. The van der Waals surface area contributed by atoms with Crippen molar-refractivity contribution in [2.45, 2.75) is 32.2 Å². The van der Waals surface area contributed by atoms with E-state index in [-0.39, 0.29) is 12.6 Å². The Morgan fingerprint density at radius 2 is 1.47 bits per heavy atom. The fourth-order valence-corrected chi connectivity index (χ4v) is 4.00. The minimum absolute atomic E-state index is 0.228. The number of hydrogen-bond acceptors (Lipinski definition) is 3. The molecule has 1 heterocycles. The maximum Gasteiger partial charge on any atom is 0.326 e. The van der Waals surface area contributed by atoms with Crippen molar-refractivity contribution in [1.29, 1.82) is 0 Å². The van der Waals surface area contributed by atoms with Crippen LogP contribution < -0.4 is 5.32 Å². The summed E-state index contributed by atoms with van der Waals surface area (Å²) < 4.78 is 0. The predicted octanol–water partition coefficient (Wildman–Crippen LogP) is 5.11. The van der Waals surface area contributed by atoms with Crippen LogP contribution in [0.15, 0.2) is 48.5 Å². The van der Waals surface area contributed by atoms with Crippen LogP contribution in [-0.2, 0) is 10.3 Å². The van der Waals surface area contributed by atoms with Crippen LogP contribution in [0.3, 0.4) is 0 Å². The van der Waals surface area contributed by atoms with E-state index >= 15 is 0 Å². The van der Waals surface area contributed by atoms with E-state index in [1.54, 1.807) is 48.5 Å². The molecule has 1 fully saturated rings. The standard InChI is InChI=1S/C23H27Cl2N3O2/c1-16(2)5-4-14-27(3)15-28-21(29)23(26-22(28)30,17-6-10-19(24)11-7-17)18-8-12-20(25)13-9-18/h6-13,16H,4-5,14-15H2,1-3H3,(H,26,30). The highest BCUT2D eigenvalue weighted by molar-refractivity contribution is 6.31. The molecule has 2 aromatic rings. The molecule has 1 aliphatic heterocycles. The number of urea groups is 1. The van der Waals surface area contributed by atoms with Gasteiger partial charge in [0.2, 0.25) is 0 Å². The third-order valence-electron chi connectivity index (χ3n) is 5.36. The Balaban J connectivity index is 1.92. The van der Waals surface area contributed by atoms with Crippen molar-refractivity contribution in [3.63, 3.8) is 0 Å². The van der Waals surface area contributed by atoms with Crippen LogP contribution in [0.1, 0.15) is 37.8 Å². The second kappa shape index (κ2) is 9.38. The molecule has 0 radical (unpaired) electrons. The van der Waals surface area contributed by atoms with Crippen LogP contribution in [0, 0.1) is 5.92 Å². The molecule has 0 spiro atoms. The Kier molecular flexibility index (Phi) is 7.06. The lowest BCUT2D eigenvalue weighted by atomic mass is 9.82. The van der Waals surface area contributed by atoms with E-state index in [4.69, 9.17) is 23.2 Å². The molecule has 1 saturated heterocycles. The van der Waals surface area contributed by atoms with Crippen molar-refractivity contribution < 1.29 is 9.59 Å². The van der Waals surface area contributed by atoms with Gasteiger partial charge < -0.3 is 5.32 Å². The highest BCUT2D eigenvalue weighted by Gasteiger charge is 2.53. The van der Waals surface area contributed by atoms with Crippen molar-refractivity contribution in [2.75, 3.05) is 20.3 Å². The molecule has 1 aliphatic rings. The lowest BCUT2D eigenvalue weighted by Crippen LogP contribution is -2.46. The molecule has 5 nitrogen and oxygen atoms in total. The zero-order valence-electron chi connectivity index (χ0n) is 17.5. The SMILES string of the molecule is CC(C)CCCN(C)CN1C(=O)NC(c2ccc(Cl)cc2)(c2ccc(Cl)cc2)C1=O. The quantitative estimate of drug-likeness (QED) is 0.571. The average molecular weight is 448 g/mol. The molecule has 0 saturated carbocycles. The first kappa shape index (κ1) is 22.6. The van der Waals surface area contributed by atoms with Crippen molar-refractivity contribution in [2.24, 2.45) is 5.92 Å². The number of benzene rings is 2. The van der Waals surface area contributed by atoms with Crippen LogP contribution in [0.25, 0.3) is 0 Å². The van der Waals surface area contributed by atoms with Gasteiger partial charge in [-0.1, -0.05) is 61.3 Å². The van der Waals surface area contributed by atoms with Gasteiger partial charge in [-0.2, -0.15) is 0 Å². The summed E-state index contributed by atoms with van der Waals surface area (Å²) in [4.78, 5) is 29.9. The van der Waals surface area contributed by atoms with E-state index in [0.29, 0.717) is 27.1 Å². The fraction of sp³-hybridized carbons (Fsp3) is 0.391. The van der Waals surface area contributed by atoms with Gasteiger partial charge in [0.15, 0.2) is 5.54 Å². The molecule has 0 unspecified atom stereocenters. The monoisotopic (exact) mass is 447 g/mol. The summed E-state index contributed by atoms with van der Waals surface area (Å²) in [5.74, 6) is 0.311. The van der Waals surface area contributed by atoms with Crippen molar-refractivity contribution in [3.8, 4) is 0 Å². The summed E-state index contributed by atoms with van der Waals surface area (Å²) in [7, 11) is 1.92. The Hall–Kier alpha value is -2.08. The molecule has 3 rings (SSSR count). The maximum absolute atomic E-state index is 13.7. The molecule has 30 heavy (non-hydrogen) atoms. The molecule has 7 heteroatoms. The summed E-state index contributed by atoms with van der Waals surface area (Å²) in [5.41, 5.74) is -0.0135. The summed E-state index contributed by atoms with van der Waals surface area (Å²) >= 11 is 12.1. The van der Waals surface area contributed by atoms with Crippen LogP contribution in [-0.4, -0.2) is 42.0 Å². The maximum atomic E-state index is 13.7. The third-order valence-corrected chi connectivity index (χ3v) is 5.87. The van der Waals surface area contributed by atoms with Crippen LogP contribution in [0.2, 0.25) is 10.0 Å². The van der Waals surface area contributed by atoms with Crippen molar-refractivity contribution in [1.82, 2.24) is 15.1 Å². The van der Waals surface area contributed by atoms with Gasteiger partial charge in [0.05, 0.1) is 6.67 Å². The highest BCUT2D eigenvalue weighted by atomic mass is 35.5. The number of hydrogen-bond donors (Lipinski definition) is 1. The normalized spacial score (nSPS) is 15.9. The number of nitrogens with one attached hydrogen (secondary N) is 1. The smallest absolute Gasteiger partial charge is 0.315 e. The number of carbonyl (C=O) groups is 2. The number of imide groups is 1. The van der Waals surface area contributed by atoms with Crippen LogP contribution >= 0.6 is 23.2 Å². The van der Waals surface area contributed by atoms with Gasteiger partial charge in [-0.05, 0) is 67.7 Å². The molecule has 3 amide bonds. The molecule has 0 bridgehead atoms. The van der Waals surface area contributed by atoms with Gasteiger partial charge in [0.25, 0.3) is 5.91 Å². The van der Waals surface area contributed by atoms with E-state index < -0.39 is 11.6 Å². The Labute approximate surface area is 187 Å². The first-order chi connectivity index (χ1) is 14.2. The van der Waals surface area contributed by atoms with E-state index in [1.807, 2.05) is 11.9 Å². The zero-order chi connectivity index (χ0) is 21.9. The van der Waals surface area contributed by atoms with Crippen LogP contribution in [0.5, 0.6) is 0 Å². The number of nitrogens with zero attached hydrogens (tertiary/aromatic N) is 2. The average Bonchev–Trinajstić information content (AvgIpc) is 2.94. The van der Waals surface area contributed by atoms with Crippen molar-refractivity contribution in [3.05, 3.63) is 69.7 Å². The molecule has 1 N–H and O–H groups in total. The first-order valence-electron chi connectivity index (χ1n) is 10.1. The van der Waals surface area contributed by atoms with Crippen molar-refractivity contribution >= 4 is 35.1 Å². The third kappa shape index (κ3) is 4.64. The van der Waals surface area contributed by atoms with Gasteiger partial charge in [-0.25, -0.2) is 9.69 Å². The number of carbonyl (C=O) groups excluding carboxylic acids is 2. The minimum atomic E-state index is -1.31. The van der Waals surface area contributed by atoms with Gasteiger partial charge >= 0.3 is 6.03 Å². The molecular formula is C23H27Cl2N3O2. The van der Waals surface area contributed by atoms with Gasteiger partial charge in [0, 0.05) is 10.0 Å². The molecule has 160 valence electrons. The molecule has 2 aromatic carbocycles. The Bertz CT molecular complexity index is 852. The molecule has 0 aromatic heterocycles. The van der Waals surface area contributed by atoms with E-state index in [1.165, 1.54) is 4.90 Å². The minimum Gasteiger partial charge on any atom is -0.315 e. The molecular weight excluding hydrogens is 421 g/mol. The molecule has 0 atom stereocenters. The van der Waals surface area contributed by atoms with Gasteiger partial charge in [0.1, 0.15) is 0 Å². The number of amides is 3. The lowest BCUT2D eigenvalue weighted by molar-refractivity contribution is -0.131. The Morgan fingerprint density at radius 1 is 0.967 bits per heavy atom. The van der Waals surface area contributed by atoms with Gasteiger partial charge in [-0.3, -0.25) is 9.69 Å². The van der Waals surface area contributed by atoms with Crippen LogP contribution in [0.4, 0.5) is 4.79 Å². The van der Waals surface area contributed by atoms with Gasteiger partial charge in [-0.15, -0.1) is 0 Å². The van der Waals surface area contributed by atoms with E-state index in [0.717, 1.165) is 19.4 Å². The lowest BCUT2D eigenvalue weighted by Gasteiger charge is -2.29. The predicted molar refractivity (Wildman–Crippen MR) is 121 cm³/mol. The second-order valence-corrected chi connectivity index (χ2v) is 9.06. The topological polar surface area (TPSA) is 52.6 Å². The summed E-state index contributed by atoms with van der Waals surface area (Å²) in [6, 6.07) is 13.5. The van der Waals surface area contributed by atoms with E-state index in [9.17, 15) is 9.59 Å². The largest absolute Gasteiger partial charge is 0.326 e. The highest BCUT2D eigenvalue weighted by Crippen LogP contribution is 2.37. The summed E-state index contributed by atoms with van der Waals surface area (Å²) in [6.45, 7) is 5.41. The fourth-order valence-electron chi connectivity index (χ4n) is 3.74. The summed E-state index contributed by atoms with van der Waals surface area (Å²) in [5, 5.41) is 4.06.